The van der Waals surface area contributed by atoms with Crippen LogP contribution in [0.1, 0.15) is 37.0 Å². The normalized spacial score (nSPS) is 11.5. The molecule has 21 heavy (non-hydrogen) atoms. The molecule has 0 bridgehead atoms. The minimum Gasteiger partial charge on any atom is -0.378 e. The Morgan fingerprint density at radius 3 is 2.52 bits per heavy atom. The summed E-state index contributed by atoms with van der Waals surface area (Å²) in [6, 6.07) is 6.47. The van der Waals surface area contributed by atoms with Crippen molar-refractivity contribution in [1.82, 2.24) is 4.98 Å². The van der Waals surface area contributed by atoms with Crippen LogP contribution in [0, 0.1) is 6.92 Å². The quantitative estimate of drug-likeness (QED) is 0.906. The highest BCUT2D eigenvalue weighted by Gasteiger charge is 2.17. The van der Waals surface area contributed by atoms with E-state index in [0.29, 0.717) is 0 Å². The lowest BCUT2D eigenvalue weighted by Gasteiger charge is -2.17. The predicted octanol–water partition coefficient (Wildman–Crippen LogP) is 4.43. The molecule has 0 saturated carbocycles. The molecule has 2 rings (SSSR count). The lowest BCUT2D eigenvalue weighted by molar-refractivity contribution is 0.571. The Labute approximate surface area is 132 Å². The van der Waals surface area contributed by atoms with Gasteiger partial charge in [-0.2, -0.15) is 0 Å². The maximum absolute atomic E-state index is 4.72. The van der Waals surface area contributed by atoms with Crippen molar-refractivity contribution < 1.29 is 0 Å². The van der Waals surface area contributed by atoms with E-state index in [9.17, 15) is 0 Å². The standard InChI is InChI=1S/C17H25N3S/c1-12-7-8-13(9-14(12)20(5)6)18-10-16-19-15(11-21-16)17(2,3)4/h7-9,11,18H,10H2,1-6H3. The van der Waals surface area contributed by atoms with E-state index < -0.39 is 0 Å². The van der Waals surface area contributed by atoms with Gasteiger partial charge >= 0.3 is 0 Å². The van der Waals surface area contributed by atoms with Gasteiger partial charge in [0.1, 0.15) is 5.01 Å². The average molecular weight is 303 g/mol. The van der Waals surface area contributed by atoms with E-state index in [0.717, 1.165) is 17.2 Å². The van der Waals surface area contributed by atoms with Crippen molar-refractivity contribution in [3.05, 3.63) is 39.8 Å². The van der Waals surface area contributed by atoms with E-state index in [1.165, 1.54) is 16.9 Å². The summed E-state index contributed by atoms with van der Waals surface area (Å²) >= 11 is 1.73. The molecule has 3 nitrogen and oxygen atoms in total. The van der Waals surface area contributed by atoms with E-state index in [2.05, 4.69) is 75.6 Å². The summed E-state index contributed by atoms with van der Waals surface area (Å²) in [5, 5.41) is 6.76. The molecule has 0 aliphatic heterocycles. The van der Waals surface area contributed by atoms with Crippen LogP contribution < -0.4 is 10.2 Å². The Kier molecular flexibility index (Phi) is 4.57. The molecule has 0 fully saturated rings. The van der Waals surface area contributed by atoms with E-state index in [-0.39, 0.29) is 5.41 Å². The second kappa shape index (κ2) is 6.06. The van der Waals surface area contributed by atoms with Gasteiger partial charge in [-0.1, -0.05) is 26.8 Å². The maximum Gasteiger partial charge on any atom is 0.112 e. The van der Waals surface area contributed by atoms with Crippen molar-refractivity contribution >= 4 is 22.7 Å². The molecular weight excluding hydrogens is 278 g/mol. The molecule has 114 valence electrons. The van der Waals surface area contributed by atoms with Gasteiger partial charge in [-0.3, -0.25) is 0 Å². The van der Waals surface area contributed by atoms with Crippen molar-refractivity contribution in [1.29, 1.82) is 0 Å². The van der Waals surface area contributed by atoms with Crippen LogP contribution in [0.2, 0.25) is 0 Å². The first-order valence-corrected chi connectivity index (χ1v) is 8.12. The Balaban J connectivity index is 2.06. The molecular formula is C17H25N3S. The van der Waals surface area contributed by atoms with Crippen LogP contribution >= 0.6 is 11.3 Å². The third kappa shape index (κ3) is 3.97. The minimum absolute atomic E-state index is 0.122. The number of aryl methyl sites for hydroxylation is 1. The summed E-state index contributed by atoms with van der Waals surface area (Å²) in [5.41, 5.74) is 4.96. The second-order valence-electron chi connectivity index (χ2n) is 6.63. The average Bonchev–Trinajstić information content (AvgIpc) is 2.86. The number of hydrogen-bond acceptors (Lipinski definition) is 4. The zero-order valence-corrected chi connectivity index (χ0v) is 14.6. The van der Waals surface area contributed by atoms with Gasteiger partial charge in [0.05, 0.1) is 12.2 Å². The van der Waals surface area contributed by atoms with Crippen LogP contribution in [-0.2, 0) is 12.0 Å². The maximum atomic E-state index is 4.72. The molecule has 1 aromatic carbocycles. The number of rotatable bonds is 4. The van der Waals surface area contributed by atoms with E-state index in [1.54, 1.807) is 11.3 Å². The zero-order valence-electron chi connectivity index (χ0n) is 13.8. The Hall–Kier alpha value is -1.55. The zero-order chi connectivity index (χ0) is 15.6. The first-order valence-electron chi connectivity index (χ1n) is 7.24. The Bertz CT molecular complexity index is 609. The number of anilines is 2. The van der Waals surface area contributed by atoms with Crippen LogP contribution in [0.5, 0.6) is 0 Å². The highest BCUT2D eigenvalue weighted by atomic mass is 32.1. The number of aromatic nitrogens is 1. The molecule has 0 aliphatic rings. The molecule has 1 aromatic heterocycles. The van der Waals surface area contributed by atoms with Crippen molar-refractivity contribution in [3.8, 4) is 0 Å². The Morgan fingerprint density at radius 2 is 1.95 bits per heavy atom. The number of hydrogen-bond donors (Lipinski definition) is 1. The molecule has 1 heterocycles. The van der Waals surface area contributed by atoms with Crippen LogP contribution in [0.25, 0.3) is 0 Å². The van der Waals surface area contributed by atoms with E-state index in [1.807, 2.05) is 0 Å². The largest absolute Gasteiger partial charge is 0.378 e. The Morgan fingerprint density at radius 1 is 1.24 bits per heavy atom. The third-order valence-electron chi connectivity index (χ3n) is 3.45. The highest BCUT2D eigenvalue weighted by molar-refractivity contribution is 7.09. The minimum atomic E-state index is 0.122. The predicted molar refractivity (Wildman–Crippen MR) is 93.6 cm³/mol. The fourth-order valence-electron chi connectivity index (χ4n) is 2.12. The van der Waals surface area contributed by atoms with Gasteiger partial charge in [-0.15, -0.1) is 11.3 Å². The van der Waals surface area contributed by atoms with Crippen molar-refractivity contribution in [2.45, 2.75) is 39.7 Å². The molecule has 2 aromatic rings. The van der Waals surface area contributed by atoms with E-state index >= 15 is 0 Å². The van der Waals surface area contributed by atoms with Gasteiger partial charge in [0.15, 0.2) is 0 Å². The smallest absolute Gasteiger partial charge is 0.112 e. The molecule has 4 heteroatoms. The van der Waals surface area contributed by atoms with Gasteiger partial charge in [0, 0.05) is 36.3 Å². The third-order valence-corrected chi connectivity index (χ3v) is 4.30. The number of benzene rings is 1. The van der Waals surface area contributed by atoms with Gasteiger partial charge in [0.25, 0.3) is 0 Å². The van der Waals surface area contributed by atoms with Gasteiger partial charge in [-0.05, 0) is 24.6 Å². The molecule has 0 saturated heterocycles. The second-order valence-corrected chi connectivity index (χ2v) is 7.57. The lowest BCUT2D eigenvalue weighted by Crippen LogP contribution is -2.12. The first kappa shape index (κ1) is 15.8. The summed E-state index contributed by atoms with van der Waals surface area (Å²) in [6.07, 6.45) is 0. The highest BCUT2D eigenvalue weighted by Crippen LogP contribution is 2.25. The monoisotopic (exact) mass is 303 g/mol. The van der Waals surface area contributed by atoms with Crippen LogP contribution in [0.4, 0.5) is 11.4 Å². The molecule has 0 spiro atoms. The van der Waals surface area contributed by atoms with Gasteiger partial charge < -0.3 is 10.2 Å². The number of nitrogens with zero attached hydrogens (tertiary/aromatic N) is 2. The van der Waals surface area contributed by atoms with Crippen LogP contribution in [-0.4, -0.2) is 19.1 Å². The fraction of sp³-hybridized carbons (Fsp3) is 0.471. The number of thiazole rings is 1. The molecule has 0 unspecified atom stereocenters. The molecule has 0 amide bonds. The SMILES string of the molecule is Cc1ccc(NCc2nc(C(C)(C)C)cs2)cc1N(C)C. The van der Waals surface area contributed by atoms with Crippen molar-refractivity contribution in [3.63, 3.8) is 0 Å². The lowest BCUT2D eigenvalue weighted by atomic mass is 9.93. The fourth-order valence-corrected chi connectivity index (χ4v) is 3.08. The van der Waals surface area contributed by atoms with Crippen molar-refractivity contribution in [2.24, 2.45) is 0 Å². The molecule has 1 N–H and O–H groups in total. The molecule has 0 radical (unpaired) electrons. The molecule has 0 aliphatic carbocycles. The summed E-state index contributed by atoms with van der Waals surface area (Å²) in [7, 11) is 4.14. The van der Waals surface area contributed by atoms with Crippen LogP contribution in [0.3, 0.4) is 0 Å². The summed E-state index contributed by atoms with van der Waals surface area (Å²) in [4.78, 5) is 6.86. The number of nitrogens with one attached hydrogen (secondary N) is 1. The van der Waals surface area contributed by atoms with Crippen molar-refractivity contribution in [2.75, 3.05) is 24.3 Å². The van der Waals surface area contributed by atoms with Gasteiger partial charge in [0.2, 0.25) is 0 Å². The first-order chi connectivity index (χ1) is 9.77. The summed E-state index contributed by atoms with van der Waals surface area (Å²) in [5.74, 6) is 0. The molecule has 0 atom stereocenters. The van der Waals surface area contributed by atoms with Gasteiger partial charge in [-0.25, -0.2) is 4.98 Å². The van der Waals surface area contributed by atoms with E-state index in [4.69, 9.17) is 4.98 Å². The topological polar surface area (TPSA) is 28.2 Å². The summed E-state index contributed by atoms with van der Waals surface area (Å²) < 4.78 is 0. The summed E-state index contributed by atoms with van der Waals surface area (Å²) in [6.45, 7) is 9.50. The van der Waals surface area contributed by atoms with Crippen LogP contribution in [0.15, 0.2) is 23.6 Å².